The summed E-state index contributed by atoms with van der Waals surface area (Å²) in [6.45, 7) is 6.29. The molecule has 0 spiro atoms. The third kappa shape index (κ3) is 2.12. The fraction of sp³-hybridized carbons (Fsp3) is 1.00. The van der Waals surface area contributed by atoms with E-state index in [1.807, 2.05) is 0 Å². The minimum absolute atomic E-state index is 0.896. The Hall–Kier alpha value is -0.0800. The van der Waals surface area contributed by atoms with Gasteiger partial charge in [-0.25, -0.2) is 0 Å². The van der Waals surface area contributed by atoms with Crippen LogP contribution in [0.3, 0.4) is 0 Å². The van der Waals surface area contributed by atoms with Gasteiger partial charge in [0.25, 0.3) is 0 Å². The van der Waals surface area contributed by atoms with Gasteiger partial charge in [0.15, 0.2) is 0 Å². The summed E-state index contributed by atoms with van der Waals surface area (Å²) in [5.41, 5.74) is 0. The summed E-state index contributed by atoms with van der Waals surface area (Å²) in [7, 11) is 2.09. The first kappa shape index (κ1) is 10.4. The van der Waals surface area contributed by atoms with E-state index in [2.05, 4.69) is 24.2 Å². The first-order chi connectivity index (χ1) is 6.81. The van der Waals surface area contributed by atoms with Crippen LogP contribution in [0.5, 0.6) is 0 Å². The Balaban J connectivity index is 1.86. The summed E-state index contributed by atoms with van der Waals surface area (Å²) in [6.07, 6.45) is 5.79. The van der Waals surface area contributed by atoms with E-state index < -0.39 is 0 Å². The minimum atomic E-state index is 0.896. The van der Waals surface area contributed by atoms with Gasteiger partial charge in [-0.05, 0) is 38.3 Å². The van der Waals surface area contributed by atoms with Crippen LogP contribution in [0.25, 0.3) is 0 Å². The van der Waals surface area contributed by atoms with E-state index >= 15 is 0 Å². The predicted octanol–water partition coefficient (Wildman–Crippen LogP) is 1.72. The van der Waals surface area contributed by atoms with Crippen molar-refractivity contribution in [1.82, 2.24) is 10.2 Å². The molecule has 1 saturated heterocycles. The summed E-state index contributed by atoms with van der Waals surface area (Å²) in [5.74, 6) is 1.87. The van der Waals surface area contributed by atoms with Crippen molar-refractivity contribution in [2.45, 2.75) is 38.6 Å². The Bertz CT molecular complexity index is 173. The Kier molecular flexibility index (Phi) is 3.45. The molecule has 14 heavy (non-hydrogen) atoms. The highest BCUT2D eigenvalue weighted by molar-refractivity contribution is 4.90. The van der Waals surface area contributed by atoms with Crippen LogP contribution in [0.15, 0.2) is 0 Å². The van der Waals surface area contributed by atoms with Crippen molar-refractivity contribution in [2.24, 2.45) is 11.8 Å². The molecule has 1 unspecified atom stereocenters. The molecular formula is C12H24N2. The first-order valence-corrected chi connectivity index (χ1v) is 6.20. The third-order valence-electron chi connectivity index (χ3n) is 3.90. The topological polar surface area (TPSA) is 15.3 Å². The lowest BCUT2D eigenvalue weighted by atomic mass is 9.81. The molecule has 0 aromatic carbocycles. The number of hydrogen-bond donors (Lipinski definition) is 1. The van der Waals surface area contributed by atoms with Gasteiger partial charge in [-0.3, -0.25) is 4.90 Å². The second-order valence-electron chi connectivity index (χ2n) is 5.23. The van der Waals surface area contributed by atoms with E-state index in [9.17, 15) is 0 Å². The van der Waals surface area contributed by atoms with Gasteiger partial charge in [-0.2, -0.15) is 0 Å². The van der Waals surface area contributed by atoms with Gasteiger partial charge >= 0.3 is 0 Å². The molecular weight excluding hydrogens is 172 g/mol. The highest BCUT2D eigenvalue weighted by atomic mass is 15.2. The SMILES string of the molecule is CNC[C@H]1CCCCC1N1CC(C)C1. The van der Waals surface area contributed by atoms with E-state index in [-0.39, 0.29) is 0 Å². The smallest absolute Gasteiger partial charge is 0.0136 e. The summed E-state index contributed by atoms with van der Waals surface area (Å²) in [4.78, 5) is 2.71. The summed E-state index contributed by atoms with van der Waals surface area (Å²) in [6, 6.07) is 0.896. The van der Waals surface area contributed by atoms with Crippen LogP contribution in [0.1, 0.15) is 32.6 Å². The lowest BCUT2D eigenvalue weighted by Gasteiger charge is -2.48. The zero-order chi connectivity index (χ0) is 9.97. The molecule has 2 atom stereocenters. The summed E-state index contributed by atoms with van der Waals surface area (Å²) >= 11 is 0. The van der Waals surface area contributed by atoms with E-state index in [0.717, 1.165) is 17.9 Å². The van der Waals surface area contributed by atoms with Gasteiger partial charge in [0.2, 0.25) is 0 Å². The molecule has 2 heteroatoms. The second kappa shape index (κ2) is 4.63. The van der Waals surface area contributed by atoms with E-state index in [0.29, 0.717) is 0 Å². The number of likely N-dealkylation sites (tertiary alicyclic amines) is 1. The Morgan fingerprint density at radius 2 is 1.93 bits per heavy atom. The van der Waals surface area contributed by atoms with Crippen LogP contribution in [0.2, 0.25) is 0 Å². The van der Waals surface area contributed by atoms with E-state index in [4.69, 9.17) is 0 Å². The molecule has 0 aromatic rings. The molecule has 0 bridgehead atoms. The quantitative estimate of drug-likeness (QED) is 0.739. The number of nitrogens with one attached hydrogen (secondary N) is 1. The standard InChI is InChI=1S/C12H24N2/c1-10-8-14(9-10)12-6-4-3-5-11(12)7-13-2/h10-13H,3-9H2,1-2H3/t11-,12?/m1/s1. The summed E-state index contributed by atoms with van der Waals surface area (Å²) in [5, 5.41) is 3.36. The van der Waals surface area contributed by atoms with E-state index in [1.165, 1.54) is 45.3 Å². The van der Waals surface area contributed by atoms with Crippen molar-refractivity contribution >= 4 is 0 Å². The highest BCUT2D eigenvalue weighted by Gasteiger charge is 2.35. The molecule has 1 aliphatic carbocycles. The Morgan fingerprint density at radius 1 is 1.21 bits per heavy atom. The van der Waals surface area contributed by atoms with Gasteiger partial charge < -0.3 is 5.32 Å². The molecule has 2 aliphatic rings. The molecule has 2 nitrogen and oxygen atoms in total. The number of hydrogen-bond acceptors (Lipinski definition) is 2. The molecule has 1 heterocycles. The van der Waals surface area contributed by atoms with Gasteiger partial charge in [0.05, 0.1) is 0 Å². The Labute approximate surface area is 88.1 Å². The Morgan fingerprint density at radius 3 is 2.57 bits per heavy atom. The van der Waals surface area contributed by atoms with Gasteiger partial charge in [0, 0.05) is 19.1 Å². The van der Waals surface area contributed by atoms with Gasteiger partial charge in [-0.1, -0.05) is 19.8 Å². The van der Waals surface area contributed by atoms with Crippen LogP contribution in [0, 0.1) is 11.8 Å². The van der Waals surface area contributed by atoms with Gasteiger partial charge in [-0.15, -0.1) is 0 Å². The average Bonchev–Trinajstić information content (AvgIpc) is 2.15. The third-order valence-corrected chi connectivity index (χ3v) is 3.90. The maximum Gasteiger partial charge on any atom is 0.0136 e. The molecule has 0 amide bonds. The largest absolute Gasteiger partial charge is 0.319 e. The van der Waals surface area contributed by atoms with Crippen LogP contribution in [-0.2, 0) is 0 Å². The van der Waals surface area contributed by atoms with E-state index in [1.54, 1.807) is 0 Å². The van der Waals surface area contributed by atoms with Crippen molar-refractivity contribution in [2.75, 3.05) is 26.7 Å². The fourth-order valence-corrected chi connectivity index (χ4v) is 3.19. The maximum absolute atomic E-state index is 3.36. The average molecular weight is 196 g/mol. The molecule has 1 saturated carbocycles. The van der Waals surface area contributed by atoms with Crippen molar-refractivity contribution in [3.8, 4) is 0 Å². The van der Waals surface area contributed by atoms with Crippen LogP contribution < -0.4 is 5.32 Å². The normalized spacial score (nSPS) is 35.6. The van der Waals surface area contributed by atoms with Crippen LogP contribution in [-0.4, -0.2) is 37.6 Å². The fourth-order valence-electron chi connectivity index (χ4n) is 3.19. The summed E-state index contributed by atoms with van der Waals surface area (Å²) < 4.78 is 0. The zero-order valence-corrected chi connectivity index (χ0v) is 9.63. The maximum atomic E-state index is 3.36. The second-order valence-corrected chi connectivity index (χ2v) is 5.23. The molecule has 1 aliphatic heterocycles. The highest BCUT2D eigenvalue weighted by Crippen LogP contribution is 2.32. The molecule has 82 valence electrons. The lowest BCUT2D eigenvalue weighted by Crippen LogP contribution is -2.55. The van der Waals surface area contributed by atoms with Crippen molar-refractivity contribution in [3.63, 3.8) is 0 Å². The minimum Gasteiger partial charge on any atom is -0.319 e. The molecule has 2 fully saturated rings. The lowest BCUT2D eigenvalue weighted by molar-refractivity contribution is 0.0142. The first-order valence-electron chi connectivity index (χ1n) is 6.20. The van der Waals surface area contributed by atoms with Crippen molar-refractivity contribution in [3.05, 3.63) is 0 Å². The number of rotatable bonds is 3. The molecule has 1 N–H and O–H groups in total. The molecule has 0 aromatic heterocycles. The van der Waals surface area contributed by atoms with Crippen LogP contribution in [0.4, 0.5) is 0 Å². The monoisotopic (exact) mass is 196 g/mol. The predicted molar refractivity (Wildman–Crippen MR) is 60.4 cm³/mol. The molecule has 0 radical (unpaired) electrons. The van der Waals surface area contributed by atoms with Gasteiger partial charge in [0.1, 0.15) is 0 Å². The van der Waals surface area contributed by atoms with Crippen molar-refractivity contribution in [1.29, 1.82) is 0 Å². The zero-order valence-electron chi connectivity index (χ0n) is 9.63. The van der Waals surface area contributed by atoms with Crippen molar-refractivity contribution < 1.29 is 0 Å². The number of nitrogens with zero attached hydrogens (tertiary/aromatic N) is 1. The van der Waals surface area contributed by atoms with Crippen LogP contribution >= 0.6 is 0 Å². The molecule has 2 rings (SSSR count).